The monoisotopic (exact) mass is 503 g/mol. The molecule has 0 bridgehead atoms. The normalized spacial score (nSPS) is 10.7. The van der Waals surface area contributed by atoms with Gasteiger partial charge in [0.15, 0.2) is 17.5 Å². The van der Waals surface area contributed by atoms with Gasteiger partial charge in [0, 0.05) is 32.7 Å². The number of aliphatic imine (C=N–C) groups is 1. The molecule has 0 aliphatic heterocycles. The summed E-state index contributed by atoms with van der Waals surface area (Å²) in [5.74, 6) is 2.23. The zero-order chi connectivity index (χ0) is 19.8. The molecule has 0 aromatic heterocycles. The molecule has 0 radical (unpaired) electrons. The number of hydrogen-bond acceptors (Lipinski definition) is 4. The Hall–Kier alpha value is -2.23. The largest absolute Gasteiger partial charge is 0.493 e. The zero-order valence-corrected chi connectivity index (χ0v) is 19.1. The number of methoxy groups -OCH3 is 3. The molecular weight excluding hydrogens is 476 g/mol. The van der Waals surface area contributed by atoms with Crippen molar-refractivity contribution in [2.45, 2.75) is 13.1 Å². The van der Waals surface area contributed by atoms with Crippen molar-refractivity contribution in [3.05, 3.63) is 53.3 Å². The van der Waals surface area contributed by atoms with Crippen LogP contribution in [0.4, 0.5) is 4.39 Å². The van der Waals surface area contributed by atoms with Crippen molar-refractivity contribution >= 4 is 29.9 Å². The van der Waals surface area contributed by atoms with E-state index in [1.807, 2.05) is 24.1 Å². The first-order chi connectivity index (χ1) is 13.0. The minimum atomic E-state index is -0.246. The summed E-state index contributed by atoms with van der Waals surface area (Å²) in [5.41, 5.74) is 1.90. The molecule has 0 aliphatic carbocycles. The lowest BCUT2D eigenvalue weighted by Crippen LogP contribution is -2.38. The van der Waals surface area contributed by atoms with Crippen molar-refractivity contribution in [1.29, 1.82) is 0 Å². The van der Waals surface area contributed by atoms with Gasteiger partial charge in [0.25, 0.3) is 0 Å². The number of guanidine groups is 1. The second kappa shape index (κ2) is 11.6. The lowest BCUT2D eigenvalue weighted by molar-refractivity contribution is 0.322. The smallest absolute Gasteiger partial charge is 0.203 e. The number of rotatable bonds is 7. The topological polar surface area (TPSA) is 55.3 Å². The predicted molar refractivity (Wildman–Crippen MR) is 120 cm³/mol. The van der Waals surface area contributed by atoms with E-state index in [0.717, 1.165) is 11.1 Å². The van der Waals surface area contributed by atoms with E-state index in [4.69, 9.17) is 14.2 Å². The fourth-order valence-electron chi connectivity index (χ4n) is 2.80. The highest BCUT2D eigenvalue weighted by atomic mass is 127. The lowest BCUT2D eigenvalue weighted by Gasteiger charge is -2.23. The molecule has 2 aromatic carbocycles. The number of hydrogen-bond donors (Lipinski definition) is 1. The first-order valence-corrected chi connectivity index (χ1v) is 8.48. The zero-order valence-electron chi connectivity index (χ0n) is 16.8. The molecular formula is C20H27FIN3O3. The van der Waals surface area contributed by atoms with Crippen LogP contribution in [0.3, 0.4) is 0 Å². The Morgan fingerprint density at radius 3 is 2.18 bits per heavy atom. The van der Waals surface area contributed by atoms with Crippen LogP contribution in [0, 0.1) is 5.82 Å². The molecule has 0 heterocycles. The van der Waals surface area contributed by atoms with Gasteiger partial charge >= 0.3 is 0 Å². The van der Waals surface area contributed by atoms with E-state index in [1.165, 1.54) is 12.1 Å². The van der Waals surface area contributed by atoms with Crippen LogP contribution in [0.5, 0.6) is 17.2 Å². The molecule has 2 rings (SSSR count). The van der Waals surface area contributed by atoms with Crippen LogP contribution < -0.4 is 19.5 Å². The number of nitrogens with zero attached hydrogens (tertiary/aromatic N) is 2. The quantitative estimate of drug-likeness (QED) is 0.355. The average Bonchev–Trinajstić information content (AvgIpc) is 2.69. The van der Waals surface area contributed by atoms with Crippen LogP contribution in [0.2, 0.25) is 0 Å². The minimum Gasteiger partial charge on any atom is -0.493 e. The van der Waals surface area contributed by atoms with Crippen LogP contribution >= 0.6 is 24.0 Å². The summed E-state index contributed by atoms with van der Waals surface area (Å²) in [5, 5.41) is 3.31. The van der Waals surface area contributed by atoms with E-state index < -0.39 is 0 Å². The maximum Gasteiger partial charge on any atom is 0.203 e. The molecule has 0 fully saturated rings. The SMILES string of the molecule is CN=C(NCc1ccc(OC)c(OC)c1OC)N(C)Cc1ccc(F)cc1.I. The van der Waals surface area contributed by atoms with Crippen LogP contribution in [0.1, 0.15) is 11.1 Å². The molecule has 0 saturated carbocycles. The second-order valence-corrected chi connectivity index (χ2v) is 5.88. The first-order valence-electron chi connectivity index (χ1n) is 8.48. The van der Waals surface area contributed by atoms with E-state index >= 15 is 0 Å². The lowest BCUT2D eigenvalue weighted by atomic mass is 10.1. The average molecular weight is 503 g/mol. The van der Waals surface area contributed by atoms with Crippen molar-refractivity contribution in [2.75, 3.05) is 35.4 Å². The Bertz CT molecular complexity index is 785. The molecule has 0 unspecified atom stereocenters. The van der Waals surface area contributed by atoms with Gasteiger partial charge in [0.1, 0.15) is 5.82 Å². The number of halogens is 2. The Kier molecular flexibility index (Phi) is 9.84. The minimum absolute atomic E-state index is 0. The Morgan fingerprint density at radius 1 is 1.00 bits per heavy atom. The fraction of sp³-hybridized carbons (Fsp3) is 0.350. The summed E-state index contributed by atoms with van der Waals surface area (Å²) < 4.78 is 29.3. The summed E-state index contributed by atoms with van der Waals surface area (Å²) in [6.45, 7) is 1.09. The Morgan fingerprint density at radius 2 is 1.64 bits per heavy atom. The van der Waals surface area contributed by atoms with Crippen LogP contribution in [0.25, 0.3) is 0 Å². The third-order valence-electron chi connectivity index (χ3n) is 4.13. The van der Waals surface area contributed by atoms with Gasteiger partial charge in [0.2, 0.25) is 5.75 Å². The maximum absolute atomic E-state index is 13.1. The molecule has 0 aliphatic rings. The molecule has 154 valence electrons. The summed E-state index contributed by atoms with van der Waals surface area (Å²) in [7, 11) is 8.39. The van der Waals surface area contributed by atoms with E-state index in [9.17, 15) is 4.39 Å². The van der Waals surface area contributed by atoms with Gasteiger partial charge in [0.05, 0.1) is 21.3 Å². The molecule has 0 amide bonds. The highest BCUT2D eigenvalue weighted by Gasteiger charge is 2.16. The highest BCUT2D eigenvalue weighted by Crippen LogP contribution is 2.39. The third kappa shape index (κ3) is 5.88. The molecule has 2 aromatic rings. The standard InChI is InChI=1S/C20H26FN3O3.HI/c1-22-20(24(2)13-14-6-9-16(21)10-7-14)23-12-15-8-11-17(25-3)19(27-5)18(15)26-4;/h6-11H,12-13H2,1-5H3,(H,22,23);1H. The van der Waals surface area contributed by atoms with Crippen LogP contribution in [-0.2, 0) is 13.1 Å². The van der Waals surface area contributed by atoms with Gasteiger partial charge in [-0.3, -0.25) is 4.99 Å². The summed E-state index contributed by atoms with van der Waals surface area (Å²) >= 11 is 0. The molecule has 0 atom stereocenters. The number of ether oxygens (including phenoxy) is 3. The van der Waals surface area contributed by atoms with Crippen molar-refractivity contribution in [2.24, 2.45) is 4.99 Å². The predicted octanol–water partition coefficient (Wildman–Crippen LogP) is 3.68. The van der Waals surface area contributed by atoms with Gasteiger partial charge in [-0.1, -0.05) is 12.1 Å². The number of benzene rings is 2. The maximum atomic E-state index is 13.1. The van der Waals surface area contributed by atoms with E-state index in [0.29, 0.717) is 36.3 Å². The van der Waals surface area contributed by atoms with Crippen molar-refractivity contribution in [3.63, 3.8) is 0 Å². The van der Waals surface area contributed by atoms with Crippen molar-refractivity contribution < 1.29 is 18.6 Å². The number of nitrogens with one attached hydrogen (secondary N) is 1. The molecule has 6 nitrogen and oxygen atoms in total. The van der Waals surface area contributed by atoms with Crippen molar-refractivity contribution in [3.8, 4) is 17.2 Å². The van der Waals surface area contributed by atoms with E-state index in [2.05, 4.69) is 10.3 Å². The Balaban J connectivity index is 0.00000392. The van der Waals surface area contributed by atoms with Crippen molar-refractivity contribution in [1.82, 2.24) is 10.2 Å². The molecule has 28 heavy (non-hydrogen) atoms. The summed E-state index contributed by atoms with van der Waals surface area (Å²) in [6, 6.07) is 10.2. The molecule has 0 spiro atoms. The van der Waals surface area contributed by atoms with Gasteiger partial charge in [-0.2, -0.15) is 0 Å². The first kappa shape index (κ1) is 23.8. The molecule has 8 heteroatoms. The van der Waals surface area contributed by atoms with E-state index in [-0.39, 0.29) is 29.8 Å². The molecule has 1 N–H and O–H groups in total. The Labute approximate surface area is 182 Å². The molecule has 0 saturated heterocycles. The third-order valence-corrected chi connectivity index (χ3v) is 4.13. The van der Waals surface area contributed by atoms with Gasteiger partial charge in [-0.15, -0.1) is 24.0 Å². The second-order valence-electron chi connectivity index (χ2n) is 5.88. The highest BCUT2D eigenvalue weighted by molar-refractivity contribution is 14.0. The van der Waals surface area contributed by atoms with Gasteiger partial charge in [-0.05, 0) is 29.8 Å². The van der Waals surface area contributed by atoms with Gasteiger partial charge in [-0.25, -0.2) is 4.39 Å². The van der Waals surface area contributed by atoms with Gasteiger partial charge < -0.3 is 24.4 Å². The van der Waals surface area contributed by atoms with Crippen LogP contribution in [-0.4, -0.2) is 46.3 Å². The fourth-order valence-corrected chi connectivity index (χ4v) is 2.80. The van der Waals surface area contributed by atoms with Crippen LogP contribution in [0.15, 0.2) is 41.4 Å². The summed E-state index contributed by atoms with van der Waals surface area (Å²) in [4.78, 5) is 6.27. The summed E-state index contributed by atoms with van der Waals surface area (Å²) in [6.07, 6.45) is 0. The van der Waals surface area contributed by atoms with E-state index in [1.54, 1.807) is 40.5 Å².